The minimum absolute atomic E-state index is 0.0845. The van der Waals surface area contributed by atoms with E-state index in [1.54, 1.807) is 11.9 Å². The van der Waals surface area contributed by atoms with Crippen LogP contribution in [0.25, 0.3) is 11.5 Å². The number of carbonyl (C=O) groups is 1. The molecule has 6 nitrogen and oxygen atoms in total. The molecule has 0 bridgehead atoms. The fourth-order valence-electron chi connectivity index (χ4n) is 3.50. The molecule has 1 heterocycles. The van der Waals surface area contributed by atoms with Gasteiger partial charge in [-0.1, -0.05) is 48.7 Å². The monoisotopic (exact) mass is 384 g/mol. The first-order valence-electron chi connectivity index (χ1n) is 9.21. The highest BCUT2D eigenvalue weighted by Crippen LogP contribution is 2.34. The molecule has 1 fully saturated rings. The van der Waals surface area contributed by atoms with Crippen molar-refractivity contribution in [2.75, 3.05) is 7.05 Å². The SMILES string of the molecule is Cc1cccc(-c2nnc(S[C@H](C)C(=O)N(C)C3(C#N)CCCCC3)o2)c1. The number of aromatic nitrogens is 2. The topological polar surface area (TPSA) is 83.0 Å². The van der Waals surface area contributed by atoms with Crippen molar-refractivity contribution in [3.05, 3.63) is 29.8 Å². The first-order chi connectivity index (χ1) is 12.9. The summed E-state index contributed by atoms with van der Waals surface area (Å²) in [5.74, 6) is 0.355. The molecule has 142 valence electrons. The fraction of sp³-hybridized carbons (Fsp3) is 0.500. The van der Waals surface area contributed by atoms with Crippen LogP contribution in [0.5, 0.6) is 0 Å². The van der Waals surface area contributed by atoms with Crippen molar-refractivity contribution in [2.45, 2.75) is 62.0 Å². The second kappa shape index (κ2) is 8.13. The summed E-state index contributed by atoms with van der Waals surface area (Å²) in [6, 6.07) is 10.2. The van der Waals surface area contributed by atoms with Gasteiger partial charge in [0, 0.05) is 12.6 Å². The van der Waals surface area contributed by atoms with E-state index in [-0.39, 0.29) is 5.91 Å². The molecule has 1 aromatic heterocycles. The molecule has 1 saturated carbocycles. The van der Waals surface area contributed by atoms with E-state index in [0.717, 1.165) is 43.2 Å². The molecule has 1 aliphatic carbocycles. The van der Waals surface area contributed by atoms with Gasteiger partial charge in [-0.2, -0.15) is 5.26 Å². The van der Waals surface area contributed by atoms with Crippen LogP contribution in [0.15, 0.2) is 33.9 Å². The molecule has 1 atom stereocenters. The molecule has 1 aromatic carbocycles. The number of benzene rings is 1. The molecule has 1 aliphatic rings. The van der Waals surface area contributed by atoms with Crippen LogP contribution in [0, 0.1) is 18.3 Å². The van der Waals surface area contributed by atoms with Gasteiger partial charge in [-0.05, 0) is 38.8 Å². The molecule has 2 aromatic rings. The zero-order chi connectivity index (χ0) is 19.4. The Labute approximate surface area is 164 Å². The van der Waals surface area contributed by atoms with Crippen molar-refractivity contribution in [1.29, 1.82) is 5.26 Å². The van der Waals surface area contributed by atoms with Crippen LogP contribution in [-0.2, 0) is 4.79 Å². The van der Waals surface area contributed by atoms with Gasteiger partial charge in [0.1, 0.15) is 5.54 Å². The molecule has 1 amide bonds. The van der Waals surface area contributed by atoms with E-state index in [1.165, 1.54) is 11.8 Å². The van der Waals surface area contributed by atoms with Crippen LogP contribution in [0.3, 0.4) is 0 Å². The van der Waals surface area contributed by atoms with E-state index >= 15 is 0 Å². The summed E-state index contributed by atoms with van der Waals surface area (Å²) in [6.07, 6.45) is 4.56. The molecule has 0 aliphatic heterocycles. The highest BCUT2D eigenvalue weighted by molar-refractivity contribution is 8.00. The smallest absolute Gasteiger partial charge is 0.277 e. The van der Waals surface area contributed by atoms with Crippen LogP contribution in [0.4, 0.5) is 0 Å². The van der Waals surface area contributed by atoms with Crippen LogP contribution in [0.1, 0.15) is 44.6 Å². The highest BCUT2D eigenvalue weighted by Gasteiger charge is 2.40. The third kappa shape index (κ3) is 4.16. The quantitative estimate of drug-likeness (QED) is 0.718. The van der Waals surface area contributed by atoms with Crippen molar-refractivity contribution in [3.63, 3.8) is 0 Å². The Balaban J connectivity index is 1.69. The molecule has 0 saturated heterocycles. The lowest BCUT2D eigenvalue weighted by Gasteiger charge is -2.39. The number of nitrogens with zero attached hydrogens (tertiary/aromatic N) is 4. The Morgan fingerprint density at radius 1 is 1.33 bits per heavy atom. The second-order valence-electron chi connectivity index (χ2n) is 7.10. The standard InChI is InChI=1S/C20H24N4O2S/c1-14-8-7-9-16(12-14)17-22-23-19(26-17)27-15(2)18(25)24(3)20(13-21)10-5-4-6-11-20/h7-9,12,15H,4-6,10-11H2,1-3H3/t15-/m1/s1. The number of hydrogen-bond donors (Lipinski definition) is 0. The van der Waals surface area contributed by atoms with Crippen molar-refractivity contribution < 1.29 is 9.21 Å². The van der Waals surface area contributed by atoms with E-state index in [4.69, 9.17) is 4.42 Å². The zero-order valence-electron chi connectivity index (χ0n) is 15.9. The number of carbonyl (C=O) groups excluding carboxylic acids is 1. The van der Waals surface area contributed by atoms with Gasteiger partial charge >= 0.3 is 0 Å². The van der Waals surface area contributed by atoms with Crippen molar-refractivity contribution in [2.24, 2.45) is 0 Å². The third-order valence-electron chi connectivity index (χ3n) is 5.16. The summed E-state index contributed by atoms with van der Waals surface area (Å²) in [4.78, 5) is 14.5. The lowest BCUT2D eigenvalue weighted by Crippen LogP contribution is -2.52. The van der Waals surface area contributed by atoms with Crippen molar-refractivity contribution in [1.82, 2.24) is 15.1 Å². The maximum absolute atomic E-state index is 12.9. The van der Waals surface area contributed by atoms with Crippen LogP contribution in [0.2, 0.25) is 0 Å². The summed E-state index contributed by atoms with van der Waals surface area (Å²) < 4.78 is 5.73. The predicted octanol–water partition coefficient (Wildman–Crippen LogP) is 4.21. The first-order valence-corrected chi connectivity index (χ1v) is 10.1. The summed E-state index contributed by atoms with van der Waals surface area (Å²) >= 11 is 1.23. The Bertz CT molecular complexity index is 852. The van der Waals surface area contributed by atoms with Gasteiger partial charge in [0.2, 0.25) is 11.8 Å². The largest absolute Gasteiger partial charge is 0.411 e. The number of amides is 1. The number of rotatable bonds is 5. The van der Waals surface area contributed by atoms with Gasteiger partial charge in [0.05, 0.1) is 11.3 Å². The fourth-order valence-corrected chi connectivity index (χ4v) is 4.27. The normalized spacial score (nSPS) is 17.1. The average Bonchev–Trinajstić information content (AvgIpc) is 3.15. The molecule has 27 heavy (non-hydrogen) atoms. The van der Waals surface area contributed by atoms with E-state index in [2.05, 4.69) is 16.3 Å². The lowest BCUT2D eigenvalue weighted by atomic mass is 9.81. The zero-order valence-corrected chi connectivity index (χ0v) is 16.8. The van der Waals surface area contributed by atoms with Crippen LogP contribution < -0.4 is 0 Å². The van der Waals surface area contributed by atoms with Gasteiger partial charge < -0.3 is 9.32 Å². The molecule has 7 heteroatoms. The maximum atomic E-state index is 12.9. The highest BCUT2D eigenvalue weighted by atomic mass is 32.2. The molecule has 0 spiro atoms. The molecule has 0 N–H and O–H groups in total. The second-order valence-corrected chi connectivity index (χ2v) is 8.40. The van der Waals surface area contributed by atoms with Crippen molar-refractivity contribution >= 4 is 17.7 Å². The predicted molar refractivity (Wildman–Crippen MR) is 104 cm³/mol. The van der Waals surface area contributed by atoms with Crippen LogP contribution in [-0.4, -0.2) is 38.8 Å². The third-order valence-corrected chi connectivity index (χ3v) is 6.08. The van der Waals surface area contributed by atoms with Gasteiger partial charge in [0.25, 0.3) is 5.22 Å². The Morgan fingerprint density at radius 2 is 2.07 bits per heavy atom. The molecule has 0 radical (unpaired) electrons. The van der Waals surface area contributed by atoms with E-state index in [0.29, 0.717) is 11.1 Å². The van der Waals surface area contributed by atoms with Crippen molar-refractivity contribution in [3.8, 4) is 17.5 Å². The summed E-state index contributed by atoms with van der Waals surface area (Å²) in [7, 11) is 1.74. The van der Waals surface area contributed by atoms with E-state index < -0.39 is 10.8 Å². The Kier molecular flexibility index (Phi) is 5.85. The maximum Gasteiger partial charge on any atom is 0.277 e. The number of aryl methyl sites for hydroxylation is 1. The lowest BCUT2D eigenvalue weighted by molar-refractivity contribution is -0.133. The average molecular weight is 385 g/mol. The van der Waals surface area contributed by atoms with Gasteiger partial charge in [-0.15, -0.1) is 10.2 Å². The molecule has 0 unspecified atom stereocenters. The summed E-state index contributed by atoms with van der Waals surface area (Å²) in [5, 5.41) is 17.8. The number of nitriles is 1. The van der Waals surface area contributed by atoms with E-state index in [9.17, 15) is 10.1 Å². The minimum atomic E-state index is -0.689. The van der Waals surface area contributed by atoms with Gasteiger partial charge in [0.15, 0.2) is 0 Å². The Hall–Kier alpha value is -2.33. The molecular formula is C20H24N4O2S. The van der Waals surface area contributed by atoms with E-state index in [1.807, 2.05) is 38.1 Å². The van der Waals surface area contributed by atoms with Crippen LogP contribution >= 0.6 is 11.8 Å². The van der Waals surface area contributed by atoms with Gasteiger partial charge in [-0.25, -0.2) is 0 Å². The van der Waals surface area contributed by atoms with Gasteiger partial charge in [-0.3, -0.25) is 4.79 Å². The number of thioether (sulfide) groups is 1. The summed E-state index contributed by atoms with van der Waals surface area (Å²) in [5.41, 5.74) is 1.28. The first kappa shape index (κ1) is 19.4. The summed E-state index contributed by atoms with van der Waals surface area (Å²) in [6.45, 7) is 3.82. The minimum Gasteiger partial charge on any atom is -0.411 e. The number of hydrogen-bond acceptors (Lipinski definition) is 6. The Morgan fingerprint density at radius 3 is 2.74 bits per heavy atom. The molecule has 3 rings (SSSR count). The molecular weight excluding hydrogens is 360 g/mol.